The van der Waals surface area contributed by atoms with Crippen LogP contribution in [-0.2, 0) is 6.54 Å². The molecule has 9 nitrogen and oxygen atoms in total. The van der Waals surface area contributed by atoms with Crippen LogP contribution >= 0.6 is 0 Å². The molecule has 0 unspecified atom stereocenters. The van der Waals surface area contributed by atoms with E-state index in [4.69, 9.17) is 9.72 Å². The fraction of sp³-hybridized carbons (Fsp3) is 0.214. The number of hydrogen-bond acceptors (Lipinski definition) is 7. The van der Waals surface area contributed by atoms with Crippen LogP contribution in [0.5, 0.6) is 5.75 Å². The van der Waals surface area contributed by atoms with E-state index in [1.165, 1.54) is 0 Å². The first-order valence-electron chi connectivity index (χ1n) is 12.2. The van der Waals surface area contributed by atoms with Crippen LogP contribution in [0.15, 0.2) is 73.4 Å². The molecule has 0 spiro atoms. The highest BCUT2D eigenvalue weighted by atomic mass is 16.5. The predicted octanol–water partition coefficient (Wildman–Crippen LogP) is 3.60. The van der Waals surface area contributed by atoms with Crippen molar-refractivity contribution in [1.82, 2.24) is 29.7 Å². The van der Waals surface area contributed by atoms with Crippen LogP contribution in [0, 0.1) is 11.3 Å². The highest BCUT2D eigenvalue weighted by Gasteiger charge is 2.16. The largest absolute Gasteiger partial charge is 0.497 e. The van der Waals surface area contributed by atoms with Crippen molar-refractivity contribution in [3.8, 4) is 34.1 Å². The molecule has 184 valence electrons. The quantitative estimate of drug-likeness (QED) is 0.389. The molecule has 37 heavy (non-hydrogen) atoms. The van der Waals surface area contributed by atoms with Crippen molar-refractivity contribution in [2.75, 3.05) is 38.2 Å². The van der Waals surface area contributed by atoms with Gasteiger partial charge in [0.25, 0.3) is 0 Å². The number of nitrogens with one attached hydrogen (secondary N) is 1. The normalized spacial score (nSPS) is 13.6. The van der Waals surface area contributed by atoms with Gasteiger partial charge in [-0.05, 0) is 35.9 Å². The molecule has 1 fully saturated rings. The van der Waals surface area contributed by atoms with E-state index in [0.29, 0.717) is 12.1 Å². The van der Waals surface area contributed by atoms with Gasteiger partial charge in [0.1, 0.15) is 17.6 Å². The molecule has 1 aliphatic rings. The number of nitrogens with zero attached hydrogens (tertiary/aromatic N) is 7. The van der Waals surface area contributed by atoms with Crippen LogP contribution in [0.2, 0.25) is 0 Å². The number of hydrogen-bond donors (Lipinski definition) is 1. The Morgan fingerprint density at radius 1 is 0.946 bits per heavy atom. The molecule has 0 saturated carbocycles. The third kappa shape index (κ3) is 4.50. The van der Waals surface area contributed by atoms with Crippen molar-refractivity contribution in [3.05, 3.63) is 84.6 Å². The maximum atomic E-state index is 9.72. The Labute approximate surface area is 214 Å². The number of anilines is 1. The zero-order valence-electron chi connectivity index (χ0n) is 20.5. The number of aromatic nitrogens is 5. The maximum absolute atomic E-state index is 9.72. The summed E-state index contributed by atoms with van der Waals surface area (Å²) in [5.74, 6) is 1.79. The lowest BCUT2D eigenvalue weighted by molar-refractivity contribution is 0.414. The second-order valence-corrected chi connectivity index (χ2v) is 9.02. The van der Waals surface area contributed by atoms with Crippen molar-refractivity contribution in [2.24, 2.45) is 0 Å². The summed E-state index contributed by atoms with van der Waals surface area (Å²) in [5, 5.41) is 22.1. The average Bonchev–Trinajstić information content (AvgIpc) is 3.60. The van der Waals surface area contributed by atoms with Gasteiger partial charge in [-0.15, -0.1) is 0 Å². The standard InChI is InChI=1S/C28H26N8O/c1-37-25-5-2-20(3-6-25)17-35-18-24(16-32-35)22-12-26(28-23(13-29)15-33-36(28)19-22)21-4-7-27(31-14-21)34-10-8-30-9-11-34/h2-7,12,14-16,18-19,30H,8-11,17H2,1H3. The Hall–Kier alpha value is -4.68. The third-order valence-corrected chi connectivity index (χ3v) is 6.70. The van der Waals surface area contributed by atoms with E-state index in [1.807, 2.05) is 53.7 Å². The van der Waals surface area contributed by atoms with Gasteiger partial charge in [0.05, 0.1) is 37.1 Å². The predicted molar refractivity (Wildman–Crippen MR) is 142 cm³/mol. The summed E-state index contributed by atoms with van der Waals surface area (Å²) in [4.78, 5) is 7.03. The number of nitriles is 1. The number of pyridine rings is 2. The Kier molecular flexibility index (Phi) is 6.00. The smallest absolute Gasteiger partial charge is 0.128 e. The fourth-order valence-corrected chi connectivity index (χ4v) is 4.72. The van der Waals surface area contributed by atoms with Crippen molar-refractivity contribution in [1.29, 1.82) is 5.26 Å². The van der Waals surface area contributed by atoms with Gasteiger partial charge < -0.3 is 15.0 Å². The van der Waals surface area contributed by atoms with E-state index in [-0.39, 0.29) is 0 Å². The van der Waals surface area contributed by atoms with E-state index in [1.54, 1.807) is 17.8 Å². The summed E-state index contributed by atoms with van der Waals surface area (Å²) in [5.41, 5.74) is 6.21. The monoisotopic (exact) mass is 490 g/mol. The summed E-state index contributed by atoms with van der Waals surface area (Å²) in [6, 6.07) is 16.5. The van der Waals surface area contributed by atoms with E-state index in [9.17, 15) is 5.26 Å². The van der Waals surface area contributed by atoms with Crippen molar-refractivity contribution in [2.45, 2.75) is 6.54 Å². The molecule has 0 atom stereocenters. The molecule has 0 radical (unpaired) electrons. The summed E-state index contributed by atoms with van der Waals surface area (Å²) >= 11 is 0. The molecule has 6 rings (SSSR count). The maximum Gasteiger partial charge on any atom is 0.128 e. The number of methoxy groups -OCH3 is 1. The van der Waals surface area contributed by atoms with Gasteiger partial charge >= 0.3 is 0 Å². The highest BCUT2D eigenvalue weighted by Crippen LogP contribution is 2.32. The number of piperazine rings is 1. The van der Waals surface area contributed by atoms with Crippen LogP contribution < -0.4 is 15.0 Å². The minimum absolute atomic E-state index is 0.530. The lowest BCUT2D eigenvalue weighted by Crippen LogP contribution is -2.43. The van der Waals surface area contributed by atoms with E-state index < -0.39 is 0 Å². The van der Waals surface area contributed by atoms with Crippen LogP contribution in [0.3, 0.4) is 0 Å². The van der Waals surface area contributed by atoms with E-state index in [0.717, 1.165) is 71.1 Å². The molecule has 0 aliphatic carbocycles. The zero-order valence-corrected chi connectivity index (χ0v) is 20.5. The molecule has 1 N–H and O–H groups in total. The topological polar surface area (TPSA) is 96.3 Å². The number of benzene rings is 1. The second-order valence-electron chi connectivity index (χ2n) is 9.02. The van der Waals surface area contributed by atoms with Crippen LogP contribution in [0.25, 0.3) is 27.8 Å². The van der Waals surface area contributed by atoms with Gasteiger partial charge in [-0.1, -0.05) is 12.1 Å². The summed E-state index contributed by atoms with van der Waals surface area (Å²) in [6.45, 7) is 4.44. The molecule has 9 heteroatoms. The number of fused-ring (bicyclic) bond motifs is 1. The molecule has 4 aromatic heterocycles. The van der Waals surface area contributed by atoms with Crippen LogP contribution in [0.4, 0.5) is 5.82 Å². The first-order valence-corrected chi connectivity index (χ1v) is 12.2. The van der Waals surface area contributed by atoms with Gasteiger partial charge in [-0.3, -0.25) is 4.68 Å². The third-order valence-electron chi connectivity index (χ3n) is 6.70. The SMILES string of the molecule is COc1ccc(Cn2cc(-c3cc(-c4ccc(N5CCNCC5)nc4)c4c(C#N)cnn4c3)cn2)cc1. The fourth-order valence-electron chi connectivity index (χ4n) is 4.72. The second kappa shape index (κ2) is 9.76. The first-order chi connectivity index (χ1) is 18.2. The van der Waals surface area contributed by atoms with Crippen LogP contribution in [0.1, 0.15) is 11.1 Å². The van der Waals surface area contributed by atoms with Crippen LogP contribution in [-0.4, -0.2) is 57.7 Å². The summed E-state index contributed by atoms with van der Waals surface area (Å²) in [6.07, 6.45) is 9.32. The average molecular weight is 491 g/mol. The van der Waals surface area contributed by atoms with E-state index >= 15 is 0 Å². The van der Waals surface area contributed by atoms with Gasteiger partial charge in [0.15, 0.2) is 0 Å². The summed E-state index contributed by atoms with van der Waals surface area (Å²) in [7, 11) is 1.66. The number of ether oxygens (including phenoxy) is 1. The lowest BCUT2D eigenvalue weighted by Gasteiger charge is -2.28. The minimum Gasteiger partial charge on any atom is -0.497 e. The van der Waals surface area contributed by atoms with E-state index in [2.05, 4.69) is 44.7 Å². The molecular weight excluding hydrogens is 464 g/mol. The molecule has 0 bridgehead atoms. The summed E-state index contributed by atoms with van der Waals surface area (Å²) < 4.78 is 8.93. The molecular formula is C28H26N8O. The van der Waals surface area contributed by atoms with Gasteiger partial charge in [0, 0.05) is 67.0 Å². The Morgan fingerprint density at radius 2 is 1.78 bits per heavy atom. The van der Waals surface area contributed by atoms with Gasteiger partial charge in [-0.2, -0.15) is 15.5 Å². The Morgan fingerprint density at radius 3 is 2.51 bits per heavy atom. The van der Waals surface area contributed by atoms with Crippen molar-refractivity contribution >= 4 is 11.3 Å². The van der Waals surface area contributed by atoms with Gasteiger partial charge in [-0.25, -0.2) is 9.50 Å². The zero-order chi connectivity index (χ0) is 25.2. The molecule has 1 saturated heterocycles. The van der Waals surface area contributed by atoms with Crippen molar-refractivity contribution < 1.29 is 4.74 Å². The van der Waals surface area contributed by atoms with Gasteiger partial charge in [0.2, 0.25) is 0 Å². The number of rotatable bonds is 6. The molecule has 5 heterocycles. The minimum atomic E-state index is 0.530. The molecule has 0 amide bonds. The Balaban J connectivity index is 1.34. The molecule has 5 aromatic rings. The molecule has 1 aliphatic heterocycles. The first kappa shape index (κ1) is 22.8. The van der Waals surface area contributed by atoms with Crippen molar-refractivity contribution in [3.63, 3.8) is 0 Å². The highest BCUT2D eigenvalue weighted by molar-refractivity contribution is 5.87. The molecule has 1 aromatic carbocycles. The Bertz CT molecular complexity index is 1570. The lowest BCUT2D eigenvalue weighted by atomic mass is 10.0.